The van der Waals surface area contributed by atoms with Crippen LogP contribution in [0.15, 0.2) is 30.9 Å². The zero-order chi connectivity index (χ0) is 13.0. The molecule has 1 aromatic carbocycles. The van der Waals surface area contributed by atoms with E-state index >= 15 is 0 Å². The number of nitrogens with one attached hydrogen (secondary N) is 2. The van der Waals surface area contributed by atoms with Crippen molar-refractivity contribution in [2.24, 2.45) is 0 Å². The third-order valence-electron chi connectivity index (χ3n) is 3.65. The molecule has 1 heterocycles. The molecule has 3 heteroatoms. The van der Waals surface area contributed by atoms with Crippen LogP contribution >= 0.6 is 0 Å². The number of benzene rings is 1. The van der Waals surface area contributed by atoms with Gasteiger partial charge in [0.05, 0.1) is 0 Å². The lowest BCUT2D eigenvalue weighted by Gasteiger charge is -2.34. The summed E-state index contributed by atoms with van der Waals surface area (Å²) in [6, 6.07) is 9.02. The Morgan fingerprint density at radius 1 is 1.56 bits per heavy atom. The van der Waals surface area contributed by atoms with Crippen molar-refractivity contribution in [2.45, 2.75) is 25.2 Å². The number of amides is 1. The predicted octanol–water partition coefficient (Wildman–Crippen LogP) is 2.25. The molecule has 1 radical (unpaired) electrons. The van der Waals surface area contributed by atoms with E-state index in [2.05, 4.69) is 36.3 Å². The molecule has 0 atom stereocenters. The minimum atomic E-state index is -0.195. The van der Waals surface area contributed by atoms with E-state index in [1.54, 1.807) is 0 Å². The van der Waals surface area contributed by atoms with Crippen LogP contribution in [0.1, 0.15) is 25.3 Å². The Bertz CT molecular complexity index is 448. The van der Waals surface area contributed by atoms with E-state index < -0.39 is 0 Å². The van der Waals surface area contributed by atoms with Gasteiger partial charge in [0.25, 0.3) is 0 Å². The van der Waals surface area contributed by atoms with Crippen LogP contribution in [0.2, 0.25) is 0 Å². The van der Waals surface area contributed by atoms with Crippen molar-refractivity contribution in [3.05, 3.63) is 42.5 Å². The standard InChI is InChI=1S/C15H19N2O/c1-3-14(18)17-13-6-4-5-12(11-13)15(2)7-9-16-10-8-15/h3-5,11,16H,1,7-10H2,2H3,(H,17,18). The van der Waals surface area contributed by atoms with Gasteiger partial charge in [0.15, 0.2) is 0 Å². The molecule has 1 aliphatic rings. The second kappa shape index (κ2) is 5.36. The van der Waals surface area contributed by atoms with Crippen molar-refractivity contribution in [1.82, 2.24) is 5.32 Å². The molecule has 0 aromatic heterocycles. The fourth-order valence-electron chi connectivity index (χ4n) is 2.37. The molecule has 1 amide bonds. The summed E-state index contributed by atoms with van der Waals surface area (Å²) in [5.74, 6) is -0.195. The molecule has 0 unspecified atom stereocenters. The van der Waals surface area contributed by atoms with Crippen LogP contribution in [-0.4, -0.2) is 19.0 Å². The van der Waals surface area contributed by atoms with Crippen molar-refractivity contribution < 1.29 is 4.79 Å². The molecule has 1 fully saturated rings. The zero-order valence-electron chi connectivity index (χ0n) is 10.8. The molecule has 1 saturated heterocycles. The van der Waals surface area contributed by atoms with E-state index in [9.17, 15) is 4.79 Å². The second-order valence-corrected chi connectivity index (χ2v) is 5.00. The van der Waals surface area contributed by atoms with Crippen LogP contribution in [0.4, 0.5) is 5.69 Å². The van der Waals surface area contributed by atoms with Gasteiger partial charge in [-0.25, -0.2) is 0 Å². The molecular weight excluding hydrogens is 224 g/mol. The number of rotatable bonds is 3. The Kier molecular flexibility index (Phi) is 3.82. The molecule has 2 rings (SSSR count). The molecule has 2 N–H and O–H groups in total. The summed E-state index contributed by atoms with van der Waals surface area (Å²) in [5, 5.41) is 6.13. The highest BCUT2D eigenvalue weighted by Crippen LogP contribution is 2.33. The maximum absolute atomic E-state index is 11.3. The van der Waals surface area contributed by atoms with Crippen LogP contribution in [0, 0.1) is 6.07 Å². The third-order valence-corrected chi connectivity index (χ3v) is 3.65. The van der Waals surface area contributed by atoms with Crippen molar-refractivity contribution in [3.63, 3.8) is 0 Å². The minimum Gasteiger partial charge on any atom is -0.322 e. The summed E-state index contributed by atoms with van der Waals surface area (Å²) in [7, 11) is 0. The smallest absolute Gasteiger partial charge is 0.247 e. The lowest BCUT2D eigenvalue weighted by atomic mass is 9.75. The third kappa shape index (κ3) is 2.79. The van der Waals surface area contributed by atoms with Crippen LogP contribution in [0.3, 0.4) is 0 Å². The van der Waals surface area contributed by atoms with Crippen molar-refractivity contribution >= 4 is 11.6 Å². The normalized spacial score (nSPS) is 18.1. The van der Waals surface area contributed by atoms with E-state index in [1.165, 1.54) is 11.6 Å². The molecule has 18 heavy (non-hydrogen) atoms. The highest BCUT2D eigenvalue weighted by molar-refractivity contribution is 5.98. The monoisotopic (exact) mass is 243 g/mol. The average molecular weight is 243 g/mol. The average Bonchev–Trinajstić information content (AvgIpc) is 2.40. The summed E-state index contributed by atoms with van der Waals surface area (Å²) in [4.78, 5) is 11.3. The summed E-state index contributed by atoms with van der Waals surface area (Å²) < 4.78 is 0. The number of carbonyl (C=O) groups excluding carboxylic acids is 1. The van der Waals surface area contributed by atoms with Crippen LogP contribution in [0.5, 0.6) is 0 Å². The van der Waals surface area contributed by atoms with Gasteiger partial charge >= 0.3 is 0 Å². The predicted molar refractivity (Wildman–Crippen MR) is 73.6 cm³/mol. The van der Waals surface area contributed by atoms with Gasteiger partial charge in [0, 0.05) is 11.8 Å². The van der Waals surface area contributed by atoms with Gasteiger partial charge in [-0.05, 0) is 49.1 Å². The van der Waals surface area contributed by atoms with E-state index in [4.69, 9.17) is 0 Å². The molecule has 0 saturated carbocycles. The van der Waals surface area contributed by atoms with E-state index in [1.807, 2.05) is 12.1 Å². The number of hydrogen-bond acceptors (Lipinski definition) is 2. The Morgan fingerprint density at radius 3 is 2.94 bits per heavy atom. The van der Waals surface area contributed by atoms with E-state index in [-0.39, 0.29) is 11.3 Å². The van der Waals surface area contributed by atoms with Gasteiger partial charge in [-0.2, -0.15) is 0 Å². The number of carbonyl (C=O) groups is 1. The first-order chi connectivity index (χ1) is 8.64. The quantitative estimate of drug-likeness (QED) is 0.799. The first-order valence-corrected chi connectivity index (χ1v) is 6.30. The van der Waals surface area contributed by atoms with Gasteiger partial charge in [-0.3, -0.25) is 4.79 Å². The molecular formula is C15H19N2O. The lowest BCUT2D eigenvalue weighted by molar-refractivity contribution is -0.111. The second-order valence-electron chi connectivity index (χ2n) is 5.00. The Morgan fingerprint density at radius 2 is 2.28 bits per heavy atom. The topological polar surface area (TPSA) is 41.1 Å². The molecule has 1 aliphatic heterocycles. The van der Waals surface area contributed by atoms with Crippen molar-refractivity contribution in [3.8, 4) is 0 Å². The fraction of sp³-hybridized carbons (Fsp3) is 0.400. The summed E-state index contributed by atoms with van der Waals surface area (Å²) in [5.41, 5.74) is 2.17. The van der Waals surface area contributed by atoms with Crippen molar-refractivity contribution in [2.75, 3.05) is 18.4 Å². The van der Waals surface area contributed by atoms with E-state index in [0.29, 0.717) is 0 Å². The molecule has 95 valence electrons. The van der Waals surface area contributed by atoms with Gasteiger partial charge in [0.2, 0.25) is 5.91 Å². The summed E-state index contributed by atoms with van der Waals surface area (Å²) in [6.45, 7) is 7.82. The SMILES string of the molecule is C=CC(=O)Nc1[c]ccc(C2(C)CCNCC2)c1. The van der Waals surface area contributed by atoms with Crippen LogP contribution in [-0.2, 0) is 10.2 Å². The summed E-state index contributed by atoms with van der Waals surface area (Å²) in [6.07, 6.45) is 3.50. The van der Waals surface area contributed by atoms with Gasteiger partial charge in [-0.1, -0.05) is 25.6 Å². The number of hydrogen-bond donors (Lipinski definition) is 2. The molecule has 0 aliphatic carbocycles. The first-order valence-electron chi connectivity index (χ1n) is 6.30. The highest BCUT2D eigenvalue weighted by Gasteiger charge is 2.28. The summed E-state index contributed by atoms with van der Waals surface area (Å²) >= 11 is 0. The first kappa shape index (κ1) is 12.8. The van der Waals surface area contributed by atoms with E-state index in [0.717, 1.165) is 31.6 Å². The minimum absolute atomic E-state index is 0.188. The zero-order valence-corrected chi connectivity index (χ0v) is 10.8. The molecule has 0 spiro atoms. The maximum Gasteiger partial charge on any atom is 0.247 e. The van der Waals surface area contributed by atoms with Gasteiger partial charge in [-0.15, -0.1) is 0 Å². The number of anilines is 1. The molecule has 1 aromatic rings. The molecule has 3 nitrogen and oxygen atoms in total. The Labute approximate surface area is 108 Å². The Balaban J connectivity index is 2.20. The highest BCUT2D eigenvalue weighted by atomic mass is 16.1. The maximum atomic E-state index is 11.3. The lowest BCUT2D eigenvalue weighted by Crippen LogP contribution is -2.37. The van der Waals surface area contributed by atoms with Gasteiger partial charge in [0.1, 0.15) is 0 Å². The number of piperidine rings is 1. The Hall–Kier alpha value is -1.61. The largest absolute Gasteiger partial charge is 0.322 e. The molecule has 0 bridgehead atoms. The van der Waals surface area contributed by atoms with Crippen molar-refractivity contribution in [1.29, 1.82) is 0 Å². The van der Waals surface area contributed by atoms with Gasteiger partial charge < -0.3 is 10.6 Å². The van der Waals surface area contributed by atoms with Crippen LogP contribution in [0.25, 0.3) is 0 Å². The fourth-order valence-corrected chi connectivity index (χ4v) is 2.37. The van der Waals surface area contributed by atoms with Crippen LogP contribution < -0.4 is 10.6 Å².